The second-order valence-electron chi connectivity index (χ2n) is 7.44. The van der Waals surface area contributed by atoms with E-state index in [1.54, 1.807) is 6.26 Å². The van der Waals surface area contributed by atoms with E-state index in [1.165, 1.54) is 5.56 Å². The van der Waals surface area contributed by atoms with E-state index in [-0.39, 0.29) is 17.7 Å². The van der Waals surface area contributed by atoms with Gasteiger partial charge in [-0.05, 0) is 52.5 Å². The summed E-state index contributed by atoms with van der Waals surface area (Å²) in [4.78, 5) is 11.9. The molecule has 1 saturated carbocycles. The van der Waals surface area contributed by atoms with Crippen LogP contribution in [0.4, 0.5) is 4.79 Å². The van der Waals surface area contributed by atoms with Gasteiger partial charge in [-0.15, -0.1) is 0 Å². The highest BCUT2D eigenvalue weighted by atomic mass is 16.6. The molecule has 0 bridgehead atoms. The van der Waals surface area contributed by atoms with Gasteiger partial charge in [0.15, 0.2) is 0 Å². The van der Waals surface area contributed by atoms with Crippen molar-refractivity contribution in [2.45, 2.75) is 70.1 Å². The molecule has 1 aromatic rings. The van der Waals surface area contributed by atoms with E-state index in [1.807, 2.05) is 20.8 Å². The van der Waals surface area contributed by atoms with Gasteiger partial charge >= 0.3 is 6.09 Å². The molecule has 3 rings (SSSR count). The molecular weight excluding hydrogens is 280 g/mol. The molecule has 1 aliphatic carbocycles. The van der Waals surface area contributed by atoms with Crippen LogP contribution in [0, 0.1) is 0 Å². The first kappa shape index (κ1) is 15.4. The molecule has 2 heterocycles. The van der Waals surface area contributed by atoms with E-state index < -0.39 is 5.60 Å². The van der Waals surface area contributed by atoms with Crippen LogP contribution >= 0.6 is 0 Å². The standard InChI is InChI=1S/C17H26N2O3/c1-16(2,3)22-15(20)19-12-4-8-17(9-5-12)13-7-11-21-14(13)6-10-18-17/h7,11-12,18H,4-6,8-10H2,1-3H3,(H,19,20). The Balaban J connectivity index is 1.59. The van der Waals surface area contributed by atoms with Crippen molar-refractivity contribution in [2.75, 3.05) is 6.54 Å². The van der Waals surface area contributed by atoms with Crippen molar-refractivity contribution in [3.63, 3.8) is 0 Å². The predicted octanol–water partition coefficient (Wildman–Crippen LogP) is 3.09. The van der Waals surface area contributed by atoms with Gasteiger partial charge in [0, 0.05) is 30.1 Å². The van der Waals surface area contributed by atoms with Gasteiger partial charge in [0.05, 0.1) is 6.26 Å². The predicted molar refractivity (Wildman–Crippen MR) is 83.7 cm³/mol. The van der Waals surface area contributed by atoms with Crippen LogP contribution in [0.5, 0.6) is 0 Å². The fourth-order valence-electron chi connectivity index (χ4n) is 3.65. The number of hydrogen-bond donors (Lipinski definition) is 2. The molecule has 2 N–H and O–H groups in total. The first-order valence-corrected chi connectivity index (χ1v) is 8.19. The molecular formula is C17H26N2O3. The highest BCUT2D eigenvalue weighted by Gasteiger charge is 2.41. The molecule has 5 heteroatoms. The summed E-state index contributed by atoms with van der Waals surface area (Å²) >= 11 is 0. The Labute approximate surface area is 131 Å². The number of hydrogen-bond acceptors (Lipinski definition) is 4. The molecule has 1 spiro atoms. The lowest BCUT2D eigenvalue weighted by Gasteiger charge is -2.43. The highest BCUT2D eigenvalue weighted by Crippen LogP contribution is 2.41. The summed E-state index contributed by atoms with van der Waals surface area (Å²) < 4.78 is 10.9. The molecule has 1 fully saturated rings. The molecule has 1 aliphatic heterocycles. The van der Waals surface area contributed by atoms with Crippen LogP contribution in [0.25, 0.3) is 0 Å². The zero-order chi connectivity index (χ0) is 15.8. The van der Waals surface area contributed by atoms with Crippen LogP contribution < -0.4 is 10.6 Å². The number of furan rings is 1. The number of amides is 1. The lowest BCUT2D eigenvalue weighted by Crippen LogP contribution is -2.52. The Morgan fingerprint density at radius 3 is 2.82 bits per heavy atom. The molecule has 2 aliphatic rings. The molecule has 0 radical (unpaired) electrons. The molecule has 122 valence electrons. The maximum absolute atomic E-state index is 11.9. The third-order valence-corrected chi connectivity index (χ3v) is 4.64. The number of ether oxygens (including phenoxy) is 1. The molecule has 0 unspecified atom stereocenters. The maximum atomic E-state index is 11.9. The topological polar surface area (TPSA) is 63.5 Å². The van der Waals surface area contributed by atoms with Crippen molar-refractivity contribution in [1.29, 1.82) is 0 Å². The molecule has 5 nitrogen and oxygen atoms in total. The minimum atomic E-state index is -0.448. The van der Waals surface area contributed by atoms with Crippen molar-refractivity contribution >= 4 is 6.09 Å². The number of carbonyl (C=O) groups is 1. The smallest absolute Gasteiger partial charge is 0.407 e. The third-order valence-electron chi connectivity index (χ3n) is 4.64. The van der Waals surface area contributed by atoms with Crippen molar-refractivity contribution < 1.29 is 13.9 Å². The van der Waals surface area contributed by atoms with E-state index >= 15 is 0 Å². The highest BCUT2D eigenvalue weighted by molar-refractivity contribution is 5.68. The van der Waals surface area contributed by atoms with E-state index in [0.717, 1.165) is 44.4 Å². The quantitative estimate of drug-likeness (QED) is 0.837. The van der Waals surface area contributed by atoms with Crippen LogP contribution in [-0.2, 0) is 16.7 Å². The number of nitrogens with one attached hydrogen (secondary N) is 2. The lowest BCUT2D eigenvalue weighted by molar-refractivity contribution is 0.0476. The van der Waals surface area contributed by atoms with Gasteiger partial charge in [0.25, 0.3) is 0 Å². The minimum Gasteiger partial charge on any atom is -0.469 e. The molecule has 1 aromatic heterocycles. The number of carbonyl (C=O) groups excluding carboxylic acids is 1. The second-order valence-corrected chi connectivity index (χ2v) is 7.44. The molecule has 0 aromatic carbocycles. The summed E-state index contributed by atoms with van der Waals surface area (Å²) in [5.41, 5.74) is 0.901. The van der Waals surface area contributed by atoms with Crippen LogP contribution in [0.2, 0.25) is 0 Å². The monoisotopic (exact) mass is 306 g/mol. The van der Waals surface area contributed by atoms with Crippen LogP contribution in [0.1, 0.15) is 57.8 Å². The van der Waals surface area contributed by atoms with Gasteiger partial charge in [-0.3, -0.25) is 0 Å². The van der Waals surface area contributed by atoms with Gasteiger partial charge < -0.3 is 19.8 Å². The lowest BCUT2D eigenvalue weighted by atomic mass is 9.73. The summed E-state index contributed by atoms with van der Waals surface area (Å²) in [5, 5.41) is 6.69. The largest absolute Gasteiger partial charge is 0.469 e. The van der Waals surface area contributed by atoms with Gasteiger partial charge in [-0.2, -0.15) is 0 Å². The number of fused-ring (bicyclic) bond motifs is 2. The SMILES string of the molecule is CC(C)(C)OC(=O)NC1CCC2(CC1)NCCc1occc12. The molecule has 0 saturated heterocycles. The van der Waals surface area contributed by atoms with E-state index in [9.17, 15) is 4.79 Å². The summed E-state index contributed by atoms with van der Waals surface area (Å²) in [5.74, 6) is 1.12. The summed E-state index contributed by atoms with van der Waals surface area (Å²) in [6.45, 7) is 6.61. The van der Waals surface area contributed by atoms with Crippen LogP contribution in [-0.4, -0.2) is 24.3 Å². The Morgan fingerprint density at radius 1 is 1.41 bits per heavy atom. The first-order chi connectivity index (χ1) is 10.4. The van der Waals surface area contributed by atoms with E-state index in [2.05, 4.69) is 16.7 Å². The van der Waals surface area contributed by atoms with Crippen molar-refractivity contribution in [3.05, 3.63) is 23.7 Å². The Morgan fingerprint density at radius 2 is 2.14 bits per heavy atom. The van der Waals surface area contributed by atoms with Gasteiger partial charge in [0.1, 0.15) is 11.4 Å². The third kappa shape index (κ3) is 3.14. The Kier molecular flexibility index (Phi) is 3.93. The zero-order valence-corrected chi connectivity index (χ0v) is 13.7. The molecule has 22 heavy (non-hydrogen) atoms. The fraction of sp³-hybridized carbons (Fsp3) is 0.706. The first-order valence-electron chi connectivity index (χ1n) is 8.19. The molecule has 0 atom stereocenters. The number of rotatable bonds is 1. The number of alkyl carbamates (subject to hydrolysis) is 1. The average molecular weight is 306 g/mol. The van der Waals surface area contributed by atoms with Crippen LogP contribution in [0.15, 0.2) is 16.7 Å². The normalized spacial score (nSPS) is 28.2. The minimum absolute atomic E-state index is 0.0344. The van der Waals surface area contributed by atoms with Crippen molar-refractivity contribution in [3.8, 4) is 0 Å². The summed E-state index contributed by atoms with van der Waals surface area (Å²) in [6.07, 6.45) is 6.39. The van der Waals surface area contributed by atoms with Gasteiger partial charge in [-0.25, -0.2) is 4.79 Å². The summed E-state index contributed by atoms with van der Waals surface area (Å²) in [7, 11) is 0. The second kappa shape index (κ2) is 5.61. The van der Waals surface area contributed by atoms with Crippen molar-refractivity contribution in [2.24, 2.45) is 0 Å². The van der Waals surface area contributed by atoms with Gasteiger partial charge in [-0.1, -0.05) is 0 Å². The zero-order valence-electron chi connectivity index (χ0n) is 13.7. The summed E-state index contributed by atoms with van der Waals surface area (Å²) in [6, 6.07) is 2.29. The Bertz CT molecular complexity index is 536. The van der Waals surface area contributed by atoms with E-state index in [0.29, 0.717) is 0 Å². The van der Waals surface area contributed by atoms with Gasteiger partial charge in [0.2, 0.25) is 0 Å². The van der Waals surface area contributed by atoms with Crippen molar-refractivity contribution in [1.82, 2.24) is 10.6 Å². The average Bonchev–Trinajstić information content (AvgIpc) is 2.89. The Hall–Kier alpha value is -1.49. The van der Waals surface area contributed by atoms with E-state index in [4.69, 9.17) is 9.15 Å². The maximum Gasteiger partial charge on any atom is 0.407 e. The fourth-order valence-corrected chi connectivity index (χ4v) is 3.65. The molecule has 1 amide bonds. The van der Waals surface area contributed by atoms with Crippen LogP contribution in [0.3, 0.4) is 0 Å².